The first-order chi connectivity index (χ1) is 9.35. The van der Waals surface area contributed by atoms with Gasteiger partial charge in [0.1, 0.15) is 0 Å². The molecule has 2 aliphatic rings. The zero-order chi connectivity index (χ0) is 14.5. The van der Waals surface area contributed by atoms with E-state index in [9.17, 15) is 5.11 Å². The Hall–Kier alpha value is -0.760. The lowest BCUT2D eigenvalue weighted by atomic mass is 9.75. The van der Waals surface area contributed by atoms with E-state index in [0.717, 1.165) is 24.7 Å². The third kappa shape index (κ3) is 2.55. The average molecular weight is 275 g/mol. The summed E-state index contributed by atoms with van der Waals surface area (Å²) < 4.78 is 2.51. The highest BCUT2D eigenvalue weighted by Crippen LogP contribution is 2.44. The number of aromatic nitrogens is 1. The highest BCUT2D eigenvalue weighted by atomic mass is 16.3. The van der Waals surface area contributed by atoms with Crippen LogP contribution in [0.1, 0.15) is 76.8 Å². The third-order valence-corrected chi connectivity index (χ3v) is 5.36. The van der Waals surface area contributed by atoms with Gasteiger partial charge in [-0.05, 0) is 55.4 Å². The molecule has 1 saturated carbocycles. The van der Waals surface area contributed by atoms with Crippen molar-refractivity contribution in [2.24, 2.45) is 17.3 Å². The summed E-state index contributed by atoms with van der Waals surface area (Å²) in [5, 5.41) is 10.4. The molecule has 2 heteroatoms. The van der Waals surface area contributed by atoms with Gasteiger partial charge in [-0.15, -0.1) is 0 Å². The summed E-state index contributed by atoms with van der Waals surface area (Å²) in [6.45, 7) is 9.33. The molecular formula is C18H29NO. The Balaban J connectivity index is 1.92. The molecule has 0 aromatic carbocycles. The van der Waals surface area contributed by atoms with Crippen LogP contribution in [0.15, 0.2) is 12.3 Å². The molecule has 20 heavy (non-hydrogen) atoms. The summed E-state index contributed by atoms with van der Waals surface area (Å²) in [5.41, 5.74) is 2.81. The van der Waals surface area contributed by atoms with Crippen LogP contribution in [0.2, 0.25) is 0 Å². The number of aliphatic hydroxyl groups is 1. The van der Waals surface area contributed by atoms with Crippen molar-refractivity contribution in [1.29, 1.82) is 0 Å². The molecule has 0 amide bonds. The smallest absolute Gasteiger partial charge is 0.0812 e. The Morgan fingerprint density at radius 3 is 2.45 bits per heavy atom. The first-order valence-electron chi connectivity index (χ1n) is 8.23. The van der Waals surface area contributed by atoms with Gasteiger partial charge in [-0.3, -0.25) is 0 Å². The van der Waals surface area contributed by atoms with Crippen molar-refractivity contribution in [2.75, 3.05) is 0 Å². The van der Waals surface area contributed by atoms with Crippen LogP contribution in [0.5, 0.6) is 0 Å². The molecule has 3 atom stereocenters. The first-order valence-corrected chi connectivity index (χ1v) is 8.23. The molecule has 0 aliphatic heterocycles. The van der Waals surface area contributed by atoms with E-state index in [2.05, 4.69) is 44.5 Å². The Kier molecular flexibility index (Phi) is 3.48. The molecule has 1 aromatic rings. The van der Waals surface area contributed by atoms with Crippen LogP contribution in [0.4, 0.5) is 0 Å². The topological polar surface area (TPSA) is 25.2 Å². The summed E-state index contributed by atoms with van der Waals surface area (Å²) in [7, 11) is 0. The van der Waals surface area contributed by atoms with Gasteiger partial charge >= 0.3 is 0 Å². The van der Waals surface area contributed by atoms with Crippen LogP contribution >= 0.6 is 0 Å². The predicted octanol–water partition coefficient (Wildman–Crippen LogP) is 4.49. The van der Waals surface area contributed by atoms with Gasteiger partial charge in [-0.25, -0.2) is 0 Å². The quantitative estimate of drug-likeness (QED) is 0.802. The lowest BCUT2D eigenvalue weighted by Gasteiger charge is -2.38. The van der Waals surface area contributed by atoms with Crippen molar-refractivity contribution in [1.82, 2.24) is 4.57 Å². The molecule has 1 fully saturated rings. The van der Waals surface area contributed by atoms with Crippen molar-refractivity contribution in [3.63, 3.8) is 0 Å². The molecule has 1 heterocycles. The number of hydrogen-bond donors (Lipinski definition) is 1. The minimum Gasteiger partial charge on any atom is -0.388 e. The fourth-order valence-corrected chi connectivity index (χ4v) is 4.63. The van der Waals surface area contributed by atoms with Crippen LogP contribution in [0, 0.1) is 17.3 Å². The largest absolute Gasteiger partial charge is 0.388 e. The van der Waals surface area contributed by atoms with Gasteiger partial charge in [0.15, 0.2) is 0 Å². The molecule has 2 nitrogen and oxygen atoms in total. The molecule has 0 spiro atoms. The van der Waals surface area contributed by atoms with E-state index in [1.165, 1.54) is 30.5 Å². The number of nitrogens with zero attached hydrogens (tertiary/aromatic N) is 1. The van der Waals surface area contributed by atoms with Gasteiger partial charge in [0, 0.05) is 23.5 Å². The standard InChI is InChI=1S/C18H29NO/c1-12-7-13(2)9-14(8-12)19-6-5-15-16(19)10-18(3,4)11-17(15)20/h5-6,12-14,17,20H,7-11H2,1-4H3. The number of hydrogen-bond acceptors (Lipinski definition) is 1. The maximum absolute atomic E-state index is 10.4. The minimum atomic E-state index is -0.270. The molecule has 112 valence electrons. The second-order valence-corrected chi connectivity index (χ2v) is 8.26. The molecule has 2 aliphatic carbocycles. The van der Waals surface area contributed by atoms with Crippen molar-refractivity contribution >= 4 is 0 Å². The van der Waals surface area contributed by atoms with Gasteiger partial charge in [-0.1, -0.05) is 27.7 Å². The second kappa shape index (κ2) is 4.91. The SMILES string of the molecule is CC1CC(C)CC(n2ccc3c2CC(C)(C)CC3O)C1. The molecule has 3 unspecified atom stereocenters. The van der Waals surface area contributed by atoms with Gasteiger partial charge in [0.25, 0.3) is 0 Å². The fraction of sp³-hybridized carbons (Fsp3) is 0.778. The second-order valence-electron chi connectivity index (χ2n) is 8.26. The fourth-order valence-electron chi connectivity index (χ4n) is 4.63. The zero-order valence-electron chi connectivity index (χ0n) is 13.4. The molecule has 1 N–H and O–H groups in total. The summed E-state index contributed by atoms with van der Waals surface area (Å²) in [5.74, 6) is 1.65. The van der Waals surface area contributed by atoms with E-state index in [0.29, 0.717) is 6.04 Å². The molecule has 0 saturated heterocycles. The summed E-state index contributed by atoms with van der Waals surface area (Å²) >= 11 is 0. The maximum Gasteiger partial charge on any atom is 0.0812 e. The van der Waals surface area contributed by atoms with Gasteiger partial charge in [-0.2, -0.15) is 0 Å². The first kappa shape index (κ1) is 14.2. The van der Waals surface area contributed by atoms with E-state index < -0.39 is 0 Å². The number of rotatable bonds is 1. The summed E-state index contributed by atoms with van der Waals surface area (Å²) in [4.78, 5) is 0. The molecule has 3 rings (SSSR count). The Labute approximate surface area is 123 Å². The normalized spacial score (nSPS) is 36.6. The minimum absolute atomic E-state index is 0.217. The molecule has 0 radical (unpaired) electrons. The Morgan fingerprint density at radius 1 is 1.15 bits per heavy atom. The third-order valence-electron chi connectivity index (χ3n) is 5.36. The molecule has 1 aromatic heterocycles. The number of fused-ring (bicyclic) bond motifs is 1. The van der Waals surface area contributed by atoms with Gasteiger partial charge in [0.2, 0.25) is 0 Å². The van der Waals surface area contributed by atoms with Crippen LogP contribution in [0.3, 0.4) is 0 Å². The monoisotopic (exact) mass is 275 g/mol. The van der Waals surface area contributed by atoms with Crippen molar-refractivity contribution in [2.45, 2.75) is 71.9 Å². The maximum atomic E-state index is 10.4. The highest BCUT2D eigenvalue weighted by molar-refractivity contribution is 5.30. The number of aliphatic hydroxyl groups excluding tert-OH is 1. The van der Waals surface area contributed by atoms with E-state index in [1.807, 2.05) is 0 Å². The van der Waals surface area contributed by atoms with E-state index in [4.69, 9.17) is 0 Å². The molecule has 0 bridgehead atoms. The van der Waals surface area contributed by atoms with Crippen LogP contribution in [-0.4, -0.2) is 9.67 Å². The average Bonchev–Trinajstić information content (AvgIpc) is 2.69. The zero-order valence-corrected chi connectivity index (χ0v) is 13.4. The van der Waals surface area contributed by atoms with Crippen molar-refractivity contribution < 1.29 is 5.11 Å². The van der Waals surface area contributed by atoms with Crippen LogP contribution < -0.4 is 0 Å². The molecular weight excluding hydrogens is 246 g/mol. The Bertz CT molecular complexity index is 478. The van der Waals surface area contributed by atoms with E-state index in [1.54, 1.807) is 0 Å². The summed E-state index contributed by atoms with van der Waals surface area (Å²) in [6, 6.07) is 2.80. The summed E-state index contributed by atoms with van der Waals surface area (Å²) in [6.07, 6.45) is 7.92. The van der Waals surface area contributed by atoms with Crippen LogP contribution in [-0.2, 0) is 6.42 Å². The Morgan fingerprint density at radius 2 is 1.80 bits per heavy atom. The predicted molar refractivity (Wildman–Crippen MR) is 82.7 cm³/mol. The lowest BCUT2D eigenvalue weighted by Crippen LogP contribution is -2.29. The van der Waals surface area contributed by atoms with E-state index >= 15 is 0 Å². The van der Waals surface area contributed by atoms with E-state index in [-0.39, 0.29) is 11.5 Å². The van der Waals surface area contributed by atoms with Crippen LogP contribution in [0.25, 0.3) is 0 Å². The van der Waals surface area contributed by atoms with Gasteiger partial charge in [0.05, 0.1) is 6.10 Å². The lowest BCUT2D eigenvalue weighted by molar-refractivity contribution is 0.0961. The van der Waals surface area contributed by atoms with Crippen molar-refractivity contribution in [3.8, 4) is 0 Å². The van der Waals surface area contributed by atoms with Crippen molar-refractivity contribution in [3.05, 3.63) is 23.5 Å². The highest BCUT2D eigenvalue weighted by Gasteiger charge is 2.35. The van der Waals surface area contributed by atoms with Gasteiger partial charge < -0.3 is 9.67 Å².